The van der Waals surface area contributed by atoms with Gasteiger partial charge in [0, 0.05) is 62.8 Å². The zero-order chi connectivity index (χ0) is 28.5. The predicted octanol–water partition coefficient (Wildman–Crippen LogP) is 4.69. The summed E-state index contributed by atoms with van der Waals surface area (Å²) in [5, 5.41) is 2.62. The predicted molar refractivity (Wildman–Crippen MR) is 161 cm³/mol. The second-order valence-corrected chi connectivity index (χ2v) is 14.7. The van der Waals surface area contributed by atoms with Gasteiger partial charge in [0.05, 0.1) is 22.9 Å². The Hall–Kier alpha value is -2.78. The Bertz CT molecular complexity index is 1350. The Kier molecular flexibility index (Phi) is 6.67. The van der Waals surface area contributed by atoms with Gasteiger partial charge in [-0.15, -0.1) is 11.3 Å². The van der Waals surface area contributed by atoms with Crippen LogP contribution in [0.25, 0.3) is 0 Å². The number of rotatable bonds is 5. The van der Waals surface area contributed by atoms with Crippen LogP contribution in [0.4, 0.5) is 5.69 Å². The van der Waals surface area contributed by atoms with Crippen LogP contribution in [0.15, 0.2) is 29.8 Å². The van der Waals surface area contributed by atoms with Crippen molar-refractivity contribution in [2.24, 2.45) is 29.6 Å². The Balaban J connectivity index is 0.891. The van der Waals surface area contributed by atoms with Crippen molar-refractivity contribution in [3.63, 3.8) is 0 Å². The highest BCUT2D eigenvalue weighted by molar-refractivity contribution is 7.09. The maximum absolute atomic E-state index is 13.6. The summed E-state index contributed by atoms with van der Waals surface area (Å²) in [5.41, 5.74) is 1.78. The first-order chi connectivity index (χ1) is 20.5. The second kappa shape index (κ2) is 10.4. The zero-order valence-corrected chi connectivity index (χ0v) is 25.3. The lowest BCUT2D eigenvalue weighted by molar-refractivity contribution is -0.140. The second-order valence-electron chi connectivity index (χ2n) is 13.8. The molecule has 4 bridgehead atoms. The van der Waals surface area contributed by atoms with Crippen LogP contribution in [0.3, 0.4) is 0 Å². The Morgan fingerprint density at radius 2 is 1.60 bits per heavy atom. The van der Waals surface area contributed by atoms with Gasteiger partial charge < -0.3 is 9.80 Å². The molecule has 4 saturated carbocycles. The summed E-state index contributed by atoms with van der Waals surface area (Å²) in [6.45, 7) is 7.06. The molecule has 2 aromatic rings. The third-order valence-corrected chi connectivity index (χ3v) is 12.5. The number of aromatic nitrogens is 1. The van der Waals surface area contributed by atoms with E-state index in [9.17, 15) is 14.4 Å². The van der Waals surface area contributed by atoms with Crippen molar-refractivity contribution in [1.29, 1.82) is 0 Å². The maximum atomic E-state index is 13.6. The van der Waals surface area contributed by atoms with Crippen LogP contribution >= 0.6 is 11.3 Å². The lowest BCUT2D eigenvalue weighted by Crippen LogP contribution is -2.61. The first kappa shape index (κ1) is 26.8. The lowest BCUT2D eigenvalue weighted by atomic mass is 9.54. The highest BCUT2D eigenvalue weighted by Crippen LogP contribution is 2.55. The van der Waals surface area contributed by atoms with E-state index in [1.807, 2.05) is 24.4 Å². The topological polar surface area (TPSA) is 77.1 Å². The van der Waals surface area contributed by atoms with Gasteiger partial charge in [0.25, 0.3) is 11.8 Å². The number of fused-ring (bicyclic) bond motifs is 1. The number of nitrogens with zero attached hydrogens (tertiary/aromatic N) is 5. The molecule has 3 aliphatic heterocycles. The van der Waals surface area contributed by atoms with Crippen molar-refractivity contribution < 1.29 is 14.4 Å². The molecule has 6 fully saturated rings. The number of hydrogen-bond acceptors (Lipinski definition) is 7. The molecule has 1 unspecified atom stereocenters. The summed E-state index contributed by atoms with van der Waals surface area (Å²) in [6, 6.07) is 5.94. The standard InChI is InChI=1S/C33H41N5O3S/c1-20(30-34-7-14-42-30)38-32(40)26-3-2-4-27(28(26)33(38)41)35-8-5-23(6-9-35)31(39)37-12-10-36(11-13-37)29-24-16-21-15-22(18-24)19-25(29)17-21/h2-4,7,14,20-25,29H,5-6,8-13,15-19H2,1H3. The molecular weight excluding hydrogens is 546 g/mol. The van der Waals surface area contributed by atoms with Gasteiger partial charge in [-0.2, -0.15) is 0 Å². The van der Waals surface area contributed by atoms with E-state index in [1.165, 1.54) is 48.3 Å². The average molecular weight is 588 g/mol. The SMILES string of the molecule is CC(c1nccs1)N1C(=O)c2cccc(N3CCC(C(=O)N4CCN(C5C6CC7CC(C6)CC5C7)CC4)CC3)c2C1=O. The maximum Gasteiger partial charge on any atom is 0.264 e. The van der Waals surface area contributed by atoms with E-state index in [2.05, 4.69) is 19.7 Å². The van der Waals surface area contributed by atoms with E-state index >= 15 is 0 Å². The van der Waals surface area contributed by atoms with Crippen LogP contribution < -0.4 is 4.90 Å². The fourth-order valence-corrected chi connectivity index (χ4v) is 10.5. The van der Waals surface area contributed by atoms with Crippen molar-refractivity contribution in [3.05, 3.63) is 45.9 Å². The minimum absolute atomic E-state index is 0.0319. The zero-order valence-electron chi connectivity index (χ0n) is 24.5. The molecule has 4 aliphatic carbocycles. The van der Waals surface area contributed by atoms with Crippen molar-refractivity contribution in [1.82, 2.24) is 19.7 Å². The van der Waals surface area contributed by atoms with E-state index in [-0.39, 0.29) is 17.7 Å². The number of thiazole rings is 1. The number of carbonyl (C=O) groups is 3. The normalized spacial score (nSPS) is 32.1. The largest absolute Gasteiger partial charge is 0.371 e. The third-order valence-electron chi connectivity index (χ3n) is 11.5. The van der Waals surface area contributed by atoms with Crippen molar-refractivity contribution in [3.8, 4) is 0 Å². The summed E-state index contributed by atoms with van der Waals surface area (Å²) in [7, 11) is 0. The summed E-state index contributed by atoms with van der Waals surface area (Å²) >= 11 is 1.45. The van der Waals surface area contributed by atoms with E-state index in [0.717, 1.165) is 79.4 Å². The number of piperazine rings is 1. The molecule has 42 heavy (non-hydrogen) atoms. The molecule has 0 radical (unpaired) electrons. The number of imide groups is 1. The molecule has 222 valence electrons. The van der Waals surface area contributed by atoms with Crippen LogP contribution in [0, 0.1) is 29.6 Å². The van der Waals surface area contributed by atoms with Crippen molar-refractivity contribution in [2.45, 2.75) is 64.0 Å². The Morgan fingerprint density at radius 3 is 2.24 bits per heavy atom. The molecule has 1 atom stereocenters. The van der Waals surface area contributed by atoms with E-state index < -0.39 is 6.04 Å². The fourth-order valence-electron chi connectivity index (χ4n) is 9.81. The number of amides is 3. The van der Waals surface area contributed by atoms with Crippen LogP contribution in [-0.4, -0.2) is 82.7 Å². The van der Waals surface area contributed by atoms with Gasteiger partial charge in [0.1, 0.15) is 5.01 Å². The minimum Gasteiger partial charge on any atom is -0.371 e. The number of benzene rings is 1. The third kappa shape index (κ3) is 4.33. The molecule has 8 nitrogen and oxygen atoms in total. The summed E-state index contributed by atoms with van der Waals surface area (Å²) in [4.78, 5) is 53.3. The minimum atomic E-state index is -0.405. The molecule has 9 rings (SSSR count). The van der Waals surface area contributed by atoms with Crippen LogP contribution in [0.5, 0.6) is 0 Å². The van der Waals surface area contributed by atoms with Crippen LogP contribution in [0.2, 0.25) is 0 Å². The molecule has 1 aromatic carbocycles. The van der Waals surface area contributed by atoms with Crippen molar-refractivity contribution >= 4 is 34.7 Å². The number of hydrogen-bond donors (Lipinski definition) is 0. The van der Waals surface area contributed by atoms with Gasteiger partial charge >= 0.3 is 0 Å². The molecule has 3 amide bonds. The molecule has 9 heteroatoms. The first-order valence-corrected chi connectivity index (χ1v) is 17.0. The van der Waals surface area contributed by atoms with E-state index in [0.29, 0.717) is 30.1 Å². The number of anilines is 1. The highest BCUT2D eigenvalue weighted by Gasteiger charge is 2.50. The smallest absolute Gasteiger partial charge is 0.264 e. The van der Waals surface area contributed by atoms with Gasteiger partial charge in [0.2, 0.25) is 5.91 Å². The van der Waals surface area contributed by atoms with Gasteiger partial charge in [-0.25, -0.2) is 4.98 Å². The fraction of sp³-hybridized carbons (Fsp3) is 0.636. The van der Waals surface area contributed by atoms with Crippen LogP contribution in [0.1, 0.15) is 83.6 Å². The highest BCUT2D eigenvalue weighted by atomic mass is 32.1. The lowest BCUT2D eigenvalue weighted by Gasteiger charge is -2.58. The van der Waals surface area contributed by atoms with Gasteiger partial charge in [-0.1, -0.05) is 6.07 Å². The average Bonchev–Trinajstić information content (AvgIpc) is 3.63. The molecule has 7 aliphatic rings. The first-order valence-electron chi connectivity index (χ1n) is 16.1. The van der Waals surface area contributed by atoms with E-state index in [1.54, 1.807) is 12.3 Å². The monoisotopic (exact) mass is 587 g/mol. The molecule has 2 saturated heterocycles. The quantitative estimate of drug-likeness (QED) is 0.473. The Labute approximate surface area is 252 Å². The Morgan fingerprint density at radius 1 is 0.905 bits per heavy atom. The molecule has 0 N–H and O–H groups in total. The molecule has 4 heterocycles. The number of carbonyl (C=O) groups excluding carboxylic acids is 3. The summed E-state index contributed by atoms with van der Waals surface area (Å²) < 4.78 is 0. The molecule has 1 aromatic heterocycles. The molecular formula is C33H41N5O3S. The van der Waals surface area contributed by atoms with Gasteiger partial charge in [-0.05, 0) is 87.7 Å². The van der Waals surface area contributed by atoms with Crippen molar-refractivity contribution in [2.75, 3.05) is 44.2 Å². The van der Waals surface area contributed by atoms with E-state index in [4.69, 9.17) is 0 Å². The van der Waals surface area contributed by atoms with Gasteiger partial charge in [-0.3, -0.25) is 24.2 Å². The molecule has 0 spiro atoms. The van der Waals surface area contributed by atoms with Gasteiger partial charge in [0.15, 0.2) is 0 Å². The summed E-state index contributed by atoms with van der Waals surface area (Å²) in [6.07, 6.45) is 10.5. The summed E-state index contributed by atoms with van der Waals surface area (Å²) in [5.74, 6) is 3.64. The number of piperidine rings is 1. The van der Waals surface area contributed by atoms with Crippen LogP contribution in [-0.2, 0) is 4.79 Å².